The van der Waals surface area contributed by atoms with E-state index in [0.717, 1.165) is 12.8 Å². The van der Waals surface area contributed by atoms with E-state index >= 15 is 0 Å². The Hall–Kier alpha value is -1.22. The molecule has 3 nitrogen and oxygen atoms in total. The number of benzene rings is 1. The van der Waals surface area contributed by atoms with Gasteiger partial charge in [0.1, 0.15) is 0 Å². The van der Waals surface area contributed by atoms with Crippen LogP contribution in [-0.4, -0.2) is 12.5 Å². The molecule has 118 valence electrons. The lowest BCUT2D eigenvalue weighted by Gasteiger charge is -2.07. The predicted molar refractivity (Wildman–Crippen MR) is 90.8 cm³/mol. The molecule has 1 aromatic carbocycles. The molecule has 0 atom stereocenters. The second kappa shape index (κ2) is 10.5. The van der Waals surface area contributed by atoms with Crippen LogP contribution in [0.2, 0.25) is 5.02 Å². The van der Waals surface area contributed by atoms with Gasteiger partial charge in [-0.15, -0.1) is 0 Å². The van der Waals surface area contributed by atoms with Gasteiger partial charge in [0.2, 0.25) is 0 Å². The van der Waals surface area contributed by atoms with Crippen molar-refractivity contribution in [1.82, 2.24) is 5.32 Å². The highest BCUT2D eigenvalue weighted by atomic mass is 35.5. The van der Waals surface area contributed by atoms with Gasteiger partial charge in [0.05, 0.1) is 10.6 Å². The topological polar surface area (TPSA) is 55.1 Å². The van der Waals surface area contributed by atoms with E-state index < -0.39 is 0 Å². The van der Waals surface area contributed by atoms with E-state index in [-0.39, 0.29) is 5.91 Å². The summed E-state index contributed by atoms with van der Waals surface area (Å²) in [4.78, 5) is 12.0. The van der Waals surface area contributed by atoms with E-state index in [1.165, 1.54) is 38.5 Å². The molecule has 0 unspecified atom stereocenters. The van der Waals surface area contributed by atoms with Crippen molar-refractivity contribution in [3.8, 4) is 0 Å². The number of nitrogen functional groups attached to an aromatic ring is 1. The Labute approximate surface area is 133 Å². The number of carbonyl (C=O) groups is 1. The van der Waals surface area contributed by atoms with Crippen LogP contribution in [0.4, 0.5) is 5.69 Å². The van der Waals surface area contributed by atoms with Gasteiger partial charge >= 0.3 is 0 Å². The predicted octanol–water partition coefficient (Wildman–Crippen LogP) is 4.79. The van der Waals surface area contributed by atoms with Crippen LogP contribution in [0.15, 0.2) is 18.2 Å². The maximum absolute atomic E-state index is 12.0. The number of rotatable bonds is 10. The van der Waals surface area contributed by atoms with Crippen LogP contribution < -0.4 is 11.1 Å². The fourth-order valence-corrected chi connectivity index (χ4v) is 2.48. The number of hydrogen-bond donors (Lipinski definition) is 2. The molecular formula is C17H27ClN2O. The Bertz CT molecular complexity index is 435. The molecule has 1 rings (SSSR count). The summed E-state index contributed by atoms with van der Waals surface area (Å²) in [6.45, 7) is 2.92. The van der Waals surface area contributed by atoms with Crippen molar-refractivity contribution in [2.45, 2.75) is 58.3 Å². The van der Waals surface area contributed by atoms with E-state index in [2.05, 4.69) is 12.2 Å². The number of nitrogens with two attached hydrogens (primary N) is 1. The smallest absolute Gasteiger partial charge is 0.252 e. The number of unbranched alkanes of at least 4 members (excludes halogenated alkanes) is 7. The summed E-state index contributed by atoms with van der Waals surface area (Å²) in [6, 6.07) is 4.96. The zero-order chi connectivity index (χ0) is 15.5. The Morgan fingerprint density at radius 3 is 2.38 bits per heavy atom. The van der Waals surface area contributed by atoms with E-state index in [9.17, 15) is 4.79 Å². The van der Waals surface area contributed by atoms with Crippen molar-refractivity contribution < 1.29 is 4.79 Å². The van der Waals surface area contributed by atoms with E-state index in [0.29, 0.717) is 22.8 Å². The van der Waals surface area contributed by atoms with Crippen molar-refractivity contribution in [2.75, 3.05) is 12.3 Å². The lowest BCUT2D eigenvalue weighted by molar-refractivity contribution is 0.0953. The monoisotopic (exact) mass is 310 g/mol. The van der Waals surface area contributed by atoms with Gasteiger partial charge in [-0.1, -0.05) is 63.5 Å². The summed E-state index contributed by atoms with van der Waals surface area (Å²) in [6.07, 6.45) is 10.0. The van der Waals surface area contributed by atoms with Gasteiger partial charge in [-0.25, -0.2) is 0 Å². The Morgan fingerprint density at radius 2 is 1.71 bits per heavy atom. The average Bonchev–Trinajstić information content (AvgIpc) is 2.48. The third-order valence-electron chi connectivity index (χ3n) is 3.55. The van der Waals surface area contributed by atoms with E-state index in [4.69, 9.17) is 17.3 Å². The third-order valence-corrected chi connectivity index (χ3v) is 3.88. The Balaban J connectivity index is 2.12. The van der Waals surface area contributed by atoms with E-state index in [1.54, 1.807) is 18.2 Å². The van der Waals surface area contributed by atoms with Crippen molar-refractivity contribution in [3.63, 3.8) is 0 Å². The number of halogens is 1. The second-order valence-electron chi connectivity index (χ2n) is 5.47. The first-order valence-corrected chi connectivity index (χ1v) is 8.36. The fourth-order valence-electron chi connectivity index (χ4n) is 2.27. The lowest BCUT2D eigenvalue weighted by Crippen LogP contribution is -2.24. The van der Waals surface area contributed by atoms with Gasteiger partial charge in [0, 0.05) is 12.2 Å². The zero-order valence-electron chi connectivity index (χ0n) is 13.0. The van der Waals surface area contributed by atoms with Crippen LogP contribution in [0.1, 0.15) is 68.6 Å². The molecule has 0 aliphatic rings. The van der Waals surface area contributed by atoms with Crippen molar-refractivity contribution in [1.29, 1.82) is 0 Å². The van der Waals surface area contributed by atoms with Crippen LogP contribution in [-0.2, 0) is 0 Å². The summed E-state index contributed by atoms with van der Waals surface area (Å²) >= 11 is 6.00. The minimum Gasteiger partial charge on any atom is -0.399 e. The molecule has 0 heterocycles. The van der Waals surface area contributed by atoms with Gasteiger partial charge in [-0.05, 0) is 24.6 Å². The maximum Gasteiger partial charge on any atom is 0.252 e. The van der Waals surface area contributed by atoms with Crippen molar-refractivity contribution in [2.24, 2.45) is 0 Å². The van der Waals surface area contributed by atoms with Gasteiger partial charge < -0.3 is 11.1 Å². The molecule has 0 bridgehead atoms. The first-order valence-electron chi connectivity index (χ1n) is 7.98. The van der Waals surface area contributed by atoms with Gasteiger partial charge in [0.15, 0.2) is 0 Å². The Morgan fingerprint density at radius 1 is 1.10 bits per heavy atom. The summed E-state index contributed by atoms with van der Waals surface area (Å²) in [7, 11) is 0. The molecule has 21 heavy (non-hydrogen) atoms. The first kappa shape index (κ1) is 17.8. The highest BCUT2D eigenvalue weighted by Crippen LogP contribution is 2.18. The largest absolute Gasteiger partial charge is 0.399 e. The highest BCUT2D eigenvalue weighted by molar-refractivity contribution is 6.34. The van der Waals surface area contributed by atoms with E-state index in [1.807, 2.05) is 0 Å². The van der Waals surface area contributed by atoms with Crippen LogP contribution in [0.25, 0.3) is 0 Å². The molecule has 0 saturated heterocycles. The molecule has 1 aromatic rings. The number of anilines is 1. The van der Waals surface area contributed by atoms with Crippen LogP contribution in [0.5, 0.6) is 0 Å². The van der Waals surface area contributed by atoms with Crippen LogP contribution in [0, 0.1) is 0 Å². The number of nitrogens with one attached hydrogen (secondary N) is 1. The molecule has 0 fully saturated rings. The molecular weight excluding hydrogens is 284 g/mol. The molecule has 0 spiro atoms. The van der Waals surface area contributed by atoms with Crippen molar-refractivity contribution >= 4 is 23.2 Å². The molecule has 0 saturated carbocycles. The Kier molecular flexibility index (Phi) is 8.91. The number of carbonyl (C=O) groups excluding carboxylic acids is 1. The summed E-state index contributed by atoms with van der Waals surface area (Å²) in [5.74, 6) is -0.143. The molecule has 0 radical (unpaired) electrons. The molecule has 1 amide bonds. The van der Waals surface area contributed by atoms with Crippen molar-refractivity contribution in [3.05, 3.63) is 28.8 Å². The van der Waals surface area contributed by atoms with Gasteiger partial charge in [0.25, 0.3) is 5.91 Å². The molecule has 3 N–H and O–H groups in total. The van der Waals surface area contributed by atoms with Crippen LogP contribution in [0.3, 0.4) is 0 Å². The molecule has 0 aliphatic carbocycles. The minimum absolute atomic E-state index is 0.143. The zero-order valence-corrected chi connectivity index (χ0v) is 13.7. The maximum atomic E-state index is 12.0. The third kappa shape index (κ3) is 7.37. The number of hydrogen-bond acceptors (Lipinski definition) is 2. The molecule has 0 aromatic heterocycles. The SMILES string of the molecule is CCCCCCCCCCNC(=O)c1cc(N)ccc1Cl. The standard InChI is InChI=1S/C17H27ClN2O/c1-2-3-4-5-6-7-8-9-12-20-17(21)15-13-14(19)10-11-16(15)18/h10-11,13H,2-9,12,19H2,1H3,(H,20,21). The van der Waals surface area contributed by atoms with Gasteiger partial charge in [-0.2, -0.15) is 0 Å². The quantitative estimate of drug-likeness (QED) is 0.482. The normalized spacial score (nSPS) is 10.6. The molecule has 0 aliphatic heterocycles. The summed E-state index contributed by atoms with van der Waals surface area (Å²) < 4.78 is 0. The van der Waals surface area contributed by atoms with Gasteiger partial charge in [-0.3, -0.25) is 4.79 Å². The lowest BCUT2D eigenvalue weighted by atomic mass is 10.1. The summed E-state index contributed by atoms with van der Waals surface area (Å²) in [5, 5.41) is 3.34. The number of amides is 1. The first-order chi connectivity index (χ1) is 10.1. The highest BCUT2D eigenvalue weighted by Gasteiger charge is 2.09. The molecule has 4 heteroatoms. The fraction of sp³-hybridized carbons (Fsp3) is 0.588. The second-order valence-corrected chi connectivity index (χ2v) is 5.88. The average molecular weight is 311 g/mol. The summed E-state index contributed by atoms with van der Waals surface area (Å²) in [5.41, 5.74) is 6.68. The minimum atomic E-state index is -0.143. The van der Waals surface area contributed by atoms with Crippen LogP contribution >= 0.6 is 11.6 Å².